The Hall–Kier alpha value is -4.55. The largest absolute Gasteiger partial charge is 0.465 e. The van der Waals surface area contributed by atoms with Crippen molar-refractivity contribution in [2.45, 2.75) is 18.3 Å². The molecule has 48 heavy (non-hydrogen) atoms. The third kappa shape index (κ3) is 8.48. The van der Waals surface area contributed by atoms with E-state index in [0.29, 0.717) is 51.5 Å². The first-order valence-corrected chi connectivity index (χ1v) is 18.2. The van der Waals surface area contributed by atoms with Crippen LogP contribution in [0, 0.1) is 0 Å². The quantitative estimate of drug-likeness (QED) is 0.0862. The van der Waals surface area contributed by atoms with Crippen molar-refractivity contribution in [2.75, 3.05) is 36.5 Å². The van der Waals surface area contributed by atoms with Crippen molar-refractivity contribution < 1.29 is 22.7 Å². The lowest BCUT2D eigenvalue weighted by Crippen LogP contribution is -2.44. The number of aromatic nitrogens is 1. The number of ether oxygens (including phenoxy) is 1. The number of methoxy groups -OCH3 is 1. The fourth-order valence-corrected chi connectivity index (χ4v) is 7.13. The highest BCUT2D eigenvalue weighted by molar-refractivity contribution is 7.92. The van der Waals surface area contributed by atoms with Gasteiger partial charge in [0, 0.05) is 11.3 Å². The molecule has 1 amide bonds. The van der Waals surface area contributed by atoms with Gasteiger partial charge in [0.1, 0.15) is 15.4 Å². The van der Waals surface area contributed by atoms with Gasteiger partial charge >= 0.3 is 5.97 Å². The third-order valence-electron chi connectivity index (χ3n) is 7.83. The summed E-state index contributed by atoms with van der Waals surface area (Å²) in [6.07, 6.45) is 2.28. The molecule has 0 aliphatic carbocycles. The fraction of sp³-hybridized carbons (Fsp3) is 0.194. The van der Waals surface area contributed by atoms with Crippen LogP contribution < -0.4 is 15.4 Å². The average Bonchev–Trinajstić information content (AvgIpc) is 3.46. The Kier molecular flexibility index (Phi) is 11.3. The molecule has 5 rings (SSSR count). The summed E-state index contributed by atoms with van der Waals surface area (Å²) in [5, 5.41) is 6.91. The second kappa shape index (κ2) is 15.6. The third-order valence-corrected chi connectivity index (χ3v) is 9.61. The number of esters is 1. The topological polar surface area (TPSA) is 126 Å². The Bertz CT molecular complexity index is 1910. The van der Waals surface area contributed by atoms with Crippen LogP contribution in [-0.4, -0.2) is 51.7 Å². The summed E-state index contributed by atoms with van der Waals surface area (Å²) >= 11 is 7.78. The number of rotatable bonds is 14. The molecule has 0 aliphatic rings. The zero-order chi connectivity index (χ0) is 34.1. The zero-order valence-electron chi connectivity index (χ0n) is 26.4. The number of sulfonamides is 1. The molecule has 1 aromatic heterocycles. The van der Waals surface area contributed by atoms with Crippen LogP contribution in [0.1, 0.15) is 33.5 Å². The van der Waals surface area contributed by atoms with Gasteiger partial charge in [-0.05, 0) is 66.9 Å². The Balaban J connectivity index is 1.37. The minimum atomic E-state index is -3.42. The summed E-state index contributed by atoms with van der Waals surface area (Å²) in [5.74, 6) is -0.615. The van der Waals surface area contributed by atoms with Gasteiger partial charge in [-0.3, -0.25) is 9.52 Å². The van der Waals surface area contributed by atoms with Gasteiger partial charge < -0.3 is 15.4 Å². The minimum Gasteiger partial charge on any atom is -0.465 e. The highest BCUT2D eigenvalue weighted by atomic mass is 35.5. The number of thiazole rings is 1. The van der Waals surface area contributed by atoms with Gasteiger partial charge in [0.2, 0.25) is 15.9 Å². The number of benzene rings is 4. The van der Waals surface area contributed by atoms with E-state index in [9.17, 15) is 18.0 Å². The van der Waals surface area contributed by atoms with Crippen molar-refractivity contribution in [3.8, 4) is 11.3 Å². The van der Waals surface area contributed by atoms with Crippen molar-refractivity contribution >= 4 is 55.7 Å². The lowest BCUT2D eigenvalue weighted by atomic mass is 9.71. The van der Waals surface area contributed by atoms with E-state index in [1.807, 2.05) is 72.8 Å². The molecule has 4 aromatic carbocycles. The predicted molar refractivity (Wildman–Crippen MR) is 192 cm³/mol. The van der Waals surface area contributed by atoms with Crippen LogP contribution in [0.5, 0.6) is 0 Å². The van der Waals surface area contributed by atoms with E-state index in [0.717, 1.165) is 40.7 Å². The molecule has 0 aliphatic heterocycles. The minimum absolute atomic E-state index is 0.246. The molecule has 9 nitrogen and oxygen atoms in total. The van der Waals surface area contributed by atoms with Gasteiger partial charge in [-0.25, -0.2) is 18.2 Å². The molecular formula is C36H35ClN4O5S2. The number of hydrogen-bond donors (Lipinski definition) is 3. The van der Waals surface area contributed by atoms with Crippen molar-refractivity contribution in [3.63, 3.8) is 0 Å². The summed E-state index contributed by atoms with van der Waals surface area (Å²) in [7, 11) is -2.06. The van der Waals surface area contributed by atoms with E-state index in [1.54, 1.807) is 36.4 Å². The Morgan fingerprint density at radius 2 is 1.46 bits per heavy atom. The fourth-order valence-electron chi connectivity index (χ4n) is 5.48. The Labute approximate surface area is 289 Å². The molecule has 0 saturated carbocycles. The maximum Gasteiger partial charge on any atom is 0.337 e. The van der Waals surface area contributed by atoms with Gasteiger partial charge in [0.25, 0.3) is 0 Å². The zero-order valence-corrected chi connectivity index (χ0v) is 28.8. The second-order valence-electron chi connectivity index (χ2n) is 11.1. The first-order valence-electron chi connectivity index (χ1n) is 15.1. The second-order valence-corrected chi connectivity index (χ2v) is 14.5. The molecule has 0 spiro atoms. The number of halogens is 1. The number of nitrogens with one attached hydrogen (secondary N) is 3. The van der Waals surface area contributed by atoms with Crippen molar-refractivity contribution in [1.29, 1.82) is 0 Å². The molecule has 0 saturated heterocycles. The molecule has 0 radical (unpaired) electrons. The van der Waals surface area contributed by atoms with Crippen LogP contribution in [0.25, 0.3) is 11.3 Å². The maximum absolute atomic E-state index is 14.5. The molecule has 5 aromatic rings. The van der Waals surface area contributed by atoms with Crippen LogP contribution in [0.2, 0.25) is 4.34 Å². The number of amides is 1. The molecule has 1 heterocycles. The molecule has 0 unspecified atom stereocenters. The van der Waals surface area contributed by atoms with E-state index in [4.69, 9.17) is 16.3 Å². The molecule has 0 atom stereocenters. The number of anilines is 2. The van der Waals surface area contributed by atoms with Gasteiger partial charge in [-0.2, -0.15) is 0 Å². The van der Waals surface area contributed by atoms with E-state index in [-0.39, 0.29) is 11.9 Å². The van der Waals surface area contributed by atoms with Crippen LogP contribution in [0.4, 0.5) is 10.8 Å². The van der Waals surface area contributed by atoms with Crippen LogP contribution in [0.3, 0.4) is 0 Å². The molecule has 0 fully saturated rings. The summed E-state index contributed by atoms with van der Waals surface area (Å²) in [6.45, 7) is 1.21. The van der Waals surface area contributed by atoms with Gasteiger partial charge in [-0.1, -0.05) is 108 Å². The van der Waals surface area contributed by atoms with Gasteiger partial charge in [0.15, 0.2) is 5.13 Å². The van der Waals surface area contributed by atoms with Crippen molar-refractivity contribution in [3.05, 3.63) is 136 Å². The molecule has 12 heteroatoms. The predicted octanol–water partition coefficient (Wildman–Crippen LogP) is 6.77. The highest BCUT2D eigenvalue weighted by Gasteiger charge is 2.42. The Morgan fingerprint density at radius 3 is 2.02 bits per heavy atom. The van der Waals surface area contributed by atoms with E-state index < -0.39 is 15.4 Å². The average molecular weight is 703 g/mol. The van der Waals surface area contributed by atoms with E-state index in [1.165, 1.54) is 7.11 Å². The first-order chi connectivity index (χ1) is 23.1. The number of carbonyl (C=O) groups is 2. The maximum atomic E-state index is 14.5. The van der Waals surface area contributed by atoms with Gasteiger partial charge in [0.05, 0.1) is 18.9 Å². The lowest BCUT2D eigenvalue weighted by molar-refractivity contribution is -0.120. The number of nitrogens with zero attached hydrogens (tertiary/aromatic N) is 1. The summed E-state index contributed by atoms with van der Waals surface area (Å²) < 4.78 is 30.8. The smallest absolute Gasteiger partial charge is 0.337 e. The highest BCUT2D eigenvalue weighted by Crippen LogP contribution is 2.40. The molecule has 3 N–H and O–H groups in total. The summed E-state index contributed by atoms with van der Waals surface area (Å²) in [6, 6.07) is 33.4. The first kappa shape index (κ1) is 34.8. The molecule has 248 valence electrons. The van der Waals surface area contributed by atoms with Crippen molar-refractivity contribution in [1.82, 2.24) is 10.3 Å². The Morgan fingerprint density at radius 1 is 0.854 bits per heavy atom. The molecular weight excluding hydrogens is 668 g/mol. The van der Waals surface area contributed by atoms with Crippen molar-refractivity contribution in [2.24, 2.45) is 0 Å². The summed E-state index contributed by atoms with van der Waals surface area (Å²) in [5.41, 5.74) is 3.77. The molecule has 0 bridgehead atoms. The lowest BCUT2D eigenvalue weighted by Gasteiger charge is -2.33. The summed E-state index contributed by atoms with van der Waals surface area (Å²) in [4.78, 5) is 31.0. The van der Waals surface area contributed by atoms with Crippen LogP contribution in [-0.2, 0) is 31.4 Å². The number of hydrogen-bond acceptors (Lipinski definition) is 8. The SMILES string of the molecule is COC(=O)c1ccc(CCNCCC(C(=O)Nc2nc(-c3ccc(NS(C)(=O)=O)cc3)c(Cl)s2)(c2ccccc2)c2ccccc2)cc1. The number of carbonyl (C=O) groups excluding carboxylic acids is 2. The van der Waals surface area contributed by atoms with Crippen LogP contribution in [0.15, 0.2) is 109 Å². The monoisotopic (exact) mass is 702 g/mol. The van der Waals surface area contributed by atoms with E-state index >= 15 is 0 Å². The van der Waals surface area contributed by atoms with E-state index in [2.05, 4.69) is 20.3 Å². The van der Waals surface area contributed by atoms with Crippen LogP contribution >= 0.6 is 22.9 Å². The standard InChI is InChI=1S/C36H35ClN4O5S2/c1-46-33(42)27-15-13-25(14-16-27)21-23-38-24-22-36(28-9-5-3-6-10-28,29-11-7-4-8-12-29)34(43)40-35-39-31(32(37)47-35)26-17-19-30(20-18-26)41-48(2,44)45/h3-20,38,41H,21-24H2,1-2H3,(H,39,40,43). The normalized spacial score (nSPS) is 11.6. The van der Waals surface area contributed by atoms with Gasteiger partial charge in [-0.15, -0.1) is 0 Å².